The van der Waals surface area contributed by atoms with Crippen molar-refractivity contribution < 1.29 is 9.31 Å². The molecule has 7 rings (SSSR count). The Balaban J connectivity index is 0.000000183. The molecule has 51 heavy (non-hydrogen) atoms. The summed E-state index contributed by atoms with van der Waals surface area (Å²) in [5, 5.41) is 0. The predicted octanol–water partition coefficient (Wildman–Crippen LogP) is 13.6. The van der Waals surface area contributed by atoms with Crippen LogP contribution in [-0.4, -0.2) is 28.3 Å². The standard InChI is InChI=1S/C17H20BNO2.C17H11Br2N.C6H3Br3.CH4/c1-16(2)17(3,4)21-18(20-16)15-9-5-7-13(11-15)14-8-6-10-19-12-14;18-16-8-15(9-17(19)10-16)13-4-1-3-12(7-13)14-5-2-6-20-11-14;7-4-1-5(8)3-6(9)2-4;/h5-12H,1-4H3;1-11H;1-3H;1H4. The molecule has 3 heterocycles. The number of rotatable bonds is 4. The summed E-state index contributed by atoms with van der Waals surface area (Å²) < 4.78 is 17.6. The molecule has 4 nitrogen and oxygen atoms in total. The van der Waals surface area contributed by atoms with Crippen LogP contribution in [0.25, 0.3) is 33.4 Å². The highest BCUT2D eigenvalue weighted by atomic mass is 79.9. The van der Waals surface area contributed by atoms with E-state index >= 15 is 0 Å². The molecule has 1 fully saturated rings. The molecule has 0 atom stereocenters. The first-order valence-electron chi connectivity index (χ1n) is 15.7. The Hall–Kier alpha value is -2.44. The maximum absolute atomic E-state index is 6.10. The van der Waals surface area contributed by atoms with Gasteiger partial charge in [-0.2, -0.15) is 0 Å². The van der Waals surface area contributed by atoms with E-state index in [1.54, 1.807) is 12.4 Å². The zero-order valence-corrected chi connectivity index (χ0v) is 35.8. The van der Waals surface area contributed by atoms with Crippen LogP contribution in [0, 0.1) is 0 Å². The van der Waals surface area contributed by atoms with Crippen LogP contribution in [0.3, 0.4) is 0 Å². The van der Waals surface area contributed by atoms with Crippen molar-refractivity contribution in [1.82, 2.24) is 9.97 Å². The topological polar surface area (TPSA) is 44.2 Å². The van der Waals surface area contributed by atoms with E-state index in [0.717, 1.165) is 44.5 Å². The fourth-order valence-corrected chi connectivity index (χ4v) is 8.73. The molecule has 0 bridgehead atoms. The fraction of sp³-hybridized carbons (Fsp3) is 0.171. The van der Waals surface area contributed by atoms with Crippen LogP contribution >= 0.6 is 79.6 Å². The Labute approximate surface area is 344 Å². The van der Waals surface area contributed by atoms with Crippen molar-refractivity contribution in [3.63, 3.8) is 0 Å². The van der Waals surface area contributed by atoms with Gasteiger partial charge in [0.2, 0.25) is 0 Å². The van der Waals surface area contributed by atoms with Crippen LogP contribution in [0.15, 0.2) is 156 Å². The predicted molar refractivity (Wildman–Crippen MR) is 232 cm³/mol. The second kappa shape index (κ2) is 18.5. The zero-order chi connectivity index (χ0) is 35.9. The van der Waals surface area contributed by atoms with Crippen molar-refractivity contribution in [1.29, 1.82) is 0 Å². The van der Waals surface area contributed by atoms with Crippen LogP contribution in [-0.2, 0) is 9.31 Å². The monoisotopic (exact) mass is 996 g/mol. The maximum Gasteiger partial charge on any atom is 0.494 e. The molecule has 0 amide bonds. The molecule has 0 saturated carbocycles. The minimum absolute atomic E-state index is 0. The first-order valence-corrected chi connectivity index (χ1v) is 19.7. The minimum Gasteiger partial charge on any atom is -0.399 e. The van der Waals surface area contributed by atoms with Crippen LogP contribution in [0.5, 0.6) is 0 Å². The lowest BCUT2D eigenvalue weighted by Crippen LogP contribution is -2.41. The molecule has 0 radical (unpaired) electrons. The molecule has 1 aliphatic heterocycles. The van der Waals surface area contributed by atoms with E-state index in [1.165, 1.54) is 16.7 Å². The third-order valence-corrected chi connectivity index (χ3v) is 10.6. The van der Waals surface area contributed by atoms with Gasteiger partial charge in [-0.05, 0) is 116 Å². The smallest absolute Gasteiger partial charge is 0.399 e. The van der Waals surface area contributed by atoms with Gasteiger partial charge >= 0.3 is 7.12 Å². The van der Waals surface area contributed by atoms with E-state index in [4.69, 9.17) is 9.31 Å². The van der Waals surface area contributed by atoms with Gasteiger partial charge in [-0.25, -0.2) is 0 Å². The number of hydrogen-bond donors (Lipinski definition) is 0. The lowest BCUT2D eigenvalue weighted by Gasteiger charge is -2.32. The van der Waals surface area contributed by atoms with Crippen molar-refractivity contribution in [2.75, 3.05) is 0 Å². The van der Waals surface area contributed by atoms with Crippen molar-refractivity contribution in [3.05, 3.63) is 156 Å². The summed E-state index contributed by atoms with van der Waals surface area (Å²) in [6, 6.07) is 37.0. The molecule has 0 aliphatic carbocycles. The number of pyridine rings is 2. The lowest BCUT2D eigenvalue weighted by atomic mass is 9.78. The van der Waals surface area contributed by atoms with Gasteiger partial charge in [-0.1, -0.05) is 142 Å². The van der Waals surface area contributed by atoms with E-state index in [1.807, 2.05) is 60.9 Å². The summed E-state index contributed by atoms with van der Waals surface area (Å²) in [6.45, 7) is 8.27. The Bertz CT molecular complexity index is 1960. The summed E-state index contributed by atoms with van der Waals surface area (Å²) in [6.07, 6.45) is 7.32. The highest BCUT2D eigenvalue weighted by molar-refractivity contribution is 9.11. The third-order valence-electron chi connectivity index (χ3n) is 8.29. The molecular formula is C41H38BBr5N2O2. The Morgan fingerprint density at radius 3 is 1.25 bits per heavy atom. The van der Waals surface area contributed by atoms with Gasteiger partial charge in [-0.3, -0.25) is 9.97 Å². The second-order valence-electron chi connectivity index (χ2n) is 12.5. The van der Waals surface area contributed by atoms with Gasteiger partial charge in [0, 0.05) is 52.7 Å². The molecule has 0 N–H and O–H groups in total. The summed E-state index contributed by atoms with van der Waals surface area (Å²) >= 11 is 17.1. The average Bonchev–Trinajstić information content (AvgIpc) is 3.31. The van der Waals surface area contributed by atoms with Gasteiger partial charge in [-0.15, -0.1) is 0 Å². The van der Waals surface area contributed by atoms with Gasteiger partial charge in [0.05, 0.1) is 11.2 Å². The van der Waals surface area contributed by atoms with Crippen molar-refractivity contribution in [3.8, 4) is 33.4 Å². The van der Waals surface area contributed by atoms with Crippen molar-refractivity contribution >= 4 is 92.2 Å². The summed E-state index contributed by atoms with van der Waals surface area (Å²) in [5.41, 5.74) is 7.28. The largest absolute Gasteiger partial charge is 0.494 e. The zero-order valence-electron chi connectivity index (χ0n) is 27.9. The molecule has 0 spiro atoms. The molecule has 262 valence electrons. The second-order valence-corrected chi connectivity index (χ2v) is 17.1. The van der Waals surface area contributed by atoms with Gasteiger partial charge in [0.25, 0.3) is 0 Å². The number of aromatic nitrogens is 2. The first-order chi connectivity index (χ1) is 23.8. The molecule has 1 saturated heterocycles. The number of benzene rings is 4. The van der Waals surface area contributed by atoms with E-state index in [2.05, 4.69) is 178 Å². The third kappa shape index (κ3) is 11.5. The van der Waals surface area contributed by atoms with Crippen LogP contribution in [0.2, 0.25) is 0 Å². The average molecular weight is 1000 g/mol. The quantitative estimate of drug-likeness (QED) is 0.165. The maximum atomic E-state index is 6.10. The van der Waals surface area contributed by atoms with Crippen molar-refractivity contribution in [2.24, 2.45) is 0 Å². The van der Waals surface area contributed by atoms with Gasteiger partial charge < -0.3 is 9.31 Å². The molecule has 6 aromatic rings. The van der Waals surface area contributed by atoms with Crippen LogP contribution in [0.4, 0.5) is 0 Å². The lowest BCUT2D eigenvalue weighted by molar-refractivity contribution is 0.00578. The minimum atomic E-state index is -0.327. The van der Waals surface area contributed by atoms with E-state index in [9.17, 15) is 0 Å². The molecular weight excluding hydrogens is 963 g/mol. The molecule has 10 heteroatoms. The molecule has 4 aromatic carbocycles. The Morgan fingerprint density at radius 2 is 0.824 bits per heavy atom. The normalized spacial score (nSPS) is 13.9. The van der Waals surface area contributed by atoms with Gasteiger partial charge in [0.15, 0.2) is 0 Å². The summed E-state index contributed by atoms with van der Waals surface area (Å²) in [5.74, 6) is 0. The number of nitrogens with zero attached hydrogens (tertiary/aromatic N) is 2. The summed E-state index contributed by atoms with van der Waals surface area (Å²) in [4.78, 5) is 8.35. The summed E-state index contributed by atoms with van der Waals surface area (Å²) in [7, 11) is -0.327. The Morgan fingerprint density at radius 1 is 0.451 bits per heavy atom. The molecule has 2 aromatic heterocycles. The van der Waals surface area contributed by atoms with E-state index in [-0.39, 0.29) is 25.7 Å². The number of hydrogen-bond acceptors (Lipinski definition) is 4. The Kier molecular flexibility index (Phi) is 15.0. The van der Waals surface area contributed by atoms with E-state index in [0.29, 0.717) is 0 Å². The molecule has 0 unspecified atom stereocenters. The fourth-order valence-electron chi connectivity index (χ4n) is 5.03. The molecule has 1 aliphatic rings. The number of halogens is 5. The van der Waals surface area contributed by atoms with Crippen molar-refractivity contribution in [2.45, 2.75) is 46.3 Å². The van der Waals surface area contributed by atoms with E-state index < -0.39 is 0 Å². The van der Waals surface area contributed by atoms with Crippen LogP contribution < -0.4 is 5.46 Å². The SMILES string of the molecule is Brc1cc(Br)cc(-c2cccc(-c3cccnc3)c2)c1.Brc1cc(Br)cc(Br)c1.C.CC1(C)OB(c2cccc(-c3cccnc3)c2)OC1(C)C. The highest BCUT2D eigenvalue weighted by Crippen LogP contribution is 2.37. The first kappa shape index (κ1) is 41.3. The van der Waals surface area contributed by atoms with Crippen LogP contribution in [0.1, 0.15) is 35.1 Å². The van der Waals surface area contributed by atoms with Gasteiger partial charge in [0.1, 0.15) is 0 Å². The highest BCUT2D eigenvalue weighted by Gasteiger charge is 2.51.